The molecule has 1 aromatic heterocycles. The number of halogens is 2. The number of nitrogen functional groups attached to an aromatic ring is 1. The Bertz CT molecular complexity index is 915. The van der Waals surface area contributed by atoms with Gasteiger partial charge in [0.1, 0.15) is 17.5 Å². The number of hydrogen-bond donors (Lipinski definition) is 1. The van der Waals surface area contributed by atoms with Crippen molar-refractivity contribution >= 4 is 33.3 Å². The van der Waals surface area contributed by atoms with Gasteiger partial charge in [0.2, 0.25) is 0 Å². The van der Waals surface area contributed by atoms with E-state index in [1.54, 1.807) is 6.07 Å². The Labute approximate surface area is 147 Å². The fourth-order valence-electron chi connectivity index (χ4n) is 2.34. The zero-order chi connectivity index (χ0) is 16.4. The summed E-state index contributed by atoms with van der Waals surface area (Å²) in [6.45, 7) is 0. The third-order valence-electron chi connectivity index (χ3n) is 3.43. The van der Waals surface area contributed by atoms with Gasteiger partial charge in [-0.2, -0.15) is 5.26 Å². The van der Waals surface area contributed by atoms with Crippen molar-refractivity contribution in [3.05, 3.63) is 69.7 Å². The maximum Gasteiger partial charge on any atom is 0.142 e. The average Bonchev–Trinajstić information content (AvgIpc) is 2.55. The molecule has 5 heteroatoms. The summed E-state index contributed by atoms with van der Waals surface area (Å²) in [4.78, 5) is 4.35. The second-order valence-electron chi connectivity index (χ2n) is 4.94. The molecule has 112 valence electrons. The molecule has 3 rings (SSSR count). The fraction of sp³-hybridized carbons (Fsp3) is 0. The lowest BCUT2D eigenvalue weighted by Crippen LogP contribution is -1.99. The molecule has 0 aliphatic rings. The van der Waals surface area contributed by atoms with Crippen molar-refractivity contribution in [3.8, 4) is 28.5 Å². The molecule has 0 saturated heterocycles. The summed E-state index contributed by atoms with van der Waals surface area (Å²) >= 11 is 9.46. The standard InChI is InChI=1S/C18H11BrClN3/c19-13-6-4-11(5-7-13)15-9-17(23-18(22)16(15)10-21)12-2-1-3-14(20)8-12/h1-9H,(H2,22,23). The van der Waals surface area contributed by atoms with E-state index in [4.69, 9.17) is 17.3 Å². The highest BCUT2D eigenvalue weighted by Crippen LogP contribution is 2.32. The van der Waals surface area contributed by atoms with Gasteiger partial charge in [0.05, 0.1) is 5.69 Å². The van der Waals surface area contributed by atoms with Gasteiger partial charge < -0.3 is 5.73 Å². The molecule has 2 aromatic carbocycles. The van der Waals surface area contributed by atoms with Crippen molar-refractivity contribution in [2.24, 2.45) is 0 Å². The van der Waals surface area contributed by atoms with Gasteiger partial charge >= 0.3 is 0 Å². The molecule has 0 saturated carbocycles. The zero-order valence-corrected chi connectivity index (χ0v) is 14.3. The van der Waals surface area contributed by atoms with Crippen LogP contribution in [0.1, 0.15) is 5.56 Å². The van der Waals surface area contributed by atoms with Gasteiger partial charge in [-0.1, -0.05) is 51.8 Å². The summed E-state index contributed by atoms with van der Waals surface area (Å²) in [5.74, 6) is 0.211. The zero-order valence-electron chi connectivity index (χ0n) is 11.9. The van der Waals surface area contributed by atoms with Crippen molar-refractivity contribution in [1.82, 2.24) is 4.98 Å². The molecule has 0 unspecified atom stereocenters. The molecular formula is C18H11BrClN3. The van der Waals surface area contributed by atoms with Crippen LogP contribution in [-0.4, -0.2) is 4.98 Å². The first-order valence-electron chi connectivity index (χ1n) is 6.81. The first kappa shape index (κ1) is 15.5. The van der Waals surface area contributed by atoms with E-state index >= 15 is 0 Å². The molecule has 0 fully saturated rings. The van der Waals surface area contributed by atoms with Gasteiger partial charge in [-0.25, -0.2) is 4.98 Å². The van der Waals surface area contributed by atoms with Gasteiger partial charge in [-0.3, -0.25) is 0 Å². The molecule has 0 spiro atoms. The van der Waals surface area contributed by atoms with E-state index < -0.39 is 0 Å². The van der Waals surface area contributed by atoms with Gasteiger partial charge in [0.15, 0.2) is 0 Å². The third-order valence-corrected chi connectivity index (χ3v) is 4.20. The molecule has 23 heavy (non-hydrogen) atoms. The number of nitrogens with zero attached hydrogens (tertiary/aromatic N) is 2. The first-order valence-corrected chi connectivity index (χ1v) is 7.98. The van der Waals surface area contributed by atoms with Crippen LogP contribution in [-0.2, 0) is 0 Å². The minimum atomic E-state index is 0.211. The predicted octanol–water partition coefficient (Wildman–Crippen LogP) is 5.29. The molecular weight excluding hydrogens is 374 g/mol. The number of rotatable bonds is 2. The Morgan fingerprint density at radius 2 is 1.78 bits per heavy atom. The largest absolute Gasteiger partial charge is 0.383 e. The quantitative estimate of drug-likeness (QED) is 0.653. The molecule has 0 aliphatic carbocycles. The SMILES string of the molecule is N#Cc1c(-c2ccc(Br)cc2)cc(-c2cccc(Cl)c2)nc1N. The van der Waals surface area contributed by atoms with Crippen molar-refractivity contribution in [1.29, 1.82) is 5.26 Å². The number of nitrogens with two attached hydrogens (primary N) is 1. The first-order chi connectivity index (χ1) is 11.1. The molecule has 0 amide bonds. The van der Waals surface area contributed by atoms with Gasteiger partial charge in [0, 0.05) is 20.6 Å². The van der Waals surface area contributed by atoms with Gasteiger partial charge in [0.25, 0.3) is 0 Å². The smallest absolute Gasteiger partial charge is 0.142 e. The van der Waals surface area contributed by atoms with E-state index in [2.05, 4.69) is 27.0 Å². The van der Waals surface area contributed by atoms with E-state index in [0.29, 0.717) is 16.3 Å². The Kier molecular flexibility index (Phi) is 4.33. The maximum atomic E-state index is 9.42. The lowest BCUT2D eigenvalue weighted by molar-refractivity contribution is 1.31. The summed E-state index contributed by atoms with van der Waals surface area (Å²) < 4.78 is 0.969. The number of aromatic nitrogens is 1. The molecule has 3 aromatic rings. The normalized spacial score (nSPS) is 10.3. The van der Waals surface area contributed by atoms with Crippen molar-refractivity contribution in [3.63, 3.8) is 0 Å². The topological polar surface area (TPSA) is 62.7 Å². The Morgan fingerprint density at radius 1 is 1.04 bits per heavy atom. The number of pyridine rings is 1. The van der Waals surface area contributed by atoms with Crippen LogP contribution in [0.25, 0.3) is 22.4 Å². The van der Waals surface area contributed by atoms with Crippen LogP contribution in [0.4, 0.5) is 5.82 Å². The van der Waals surface area contributed by atoms with Crippen LogP contribution in [0.5, 0.6) is 0 Å². The van der Waals surface area contributed by atoms with Gasteiger partial charge in [-0.05, 0) is 35.9 Å². The summed E-state index contributed by atoms with van der Waals surface area (Å²) in [5, 5.41) is 10.0. The van der Waals surface area contributed by atoms with Crippen LogP contribution >= 0.6 is 27.5 Å². The molecule has 0 aliphatic heterocycles. The van der Waals surface area contributed by atoms with E-state index in [-0.39, 0.29) is 5.82 Å². The summed E-state index contributed by atoms with van der Waals surface area (Å²) in [6.07, 6.45) is 0. The van der Waals surface area contributed by atoms with Crippen LogP contribution in [0.2, 0.25) is 5.02 Å². The summed E-state index contributed by atoms with van der Waals surface area (Å²) in [7, 11) is 0. The van der Waals surface area contributed by atoms with E-state index in [1.807, 2.05) is 48.5 Å². The van der Waals surface area contributed by atoms with Crippen molar-refractivity contribution in [2.45, 2.75) is 0 Å². The Balaban J connectivity index is 2.22. The highest BCUT2D eigenvalue weighted by atomic mass is 79.9. The molecule has 0 radical (unpaired) electrons. The molecule has 0 atom stereocenters. The number of anilines is 1. The Hall–Kier alpha value is -2.35. The van der Waals surface area contributed by atoms with Crippen molar-refractivity contribution in [2.75, 3.05) is 5.73 Å². The Morgan fingerprint density at radius 3 is 2.43 bits per heavy atom. The van der Waals surface area contributed by atoms with E-state index in [1.165, 1.54) is 0 Å². The minimum Gasteiger partial charge on any atom is -0.383 e. The van der Waals surface area contributed by atoms with Crippen LogP contribution in [0.15, 0.2) is 59.1 Å². The highest BCUT2D eigenvalue weighted by Gasteiger charge is 2.13. The molecule has 3 nitrogen and oxygen atoms in total. The lowest BCUT2D eigenvalue weighted by atomic mass is 9.98. The van der Waals surface area contributed by atoms with E-state index in [0.717, 1.165) is 21.2 Å². The fourth-order valence-corrected chi connectivity index (χ4v) is 2.79. The predicted molar refractivity (Wildman–Crippen MR) is 96.9 cm³/mol. The summed E-state index contributed by atoms with van der Waals surface area (Å²) in [6, 6.07) is 19.1. The number of hydrogen-bond acceptors (Lipinski definition) is 3. The maximum absolute atomic E-state index is 9.42. The molecule has 1 heterocycles. The third kappa shape index (κ3) is 3.21. The summed E-state index contributed by atoms with van der Waals surface area (Å²) in [5.41, 5.74) is 9.57. The molecule has 2 N–H and O–H groups in total. The lowest BCUT2D eigenvalue weighted by Gasteiger charge is -2.10. The number of nitriles is 1. The van der Waals surface area contributed by atoms with Crippen molar-refractivity contribution < 1.29 is 0 Å². The van der Waals surface area contributed by atoms with E-state index in [9.17, 15) is 5.26 Å². The molecule has 0 bridgehead atoms. The second kappa shape index (κ2) is 6.41. The van der Waals surface area contributed by atoms with Crippen LogP contribution in [0, 0.1) is 11.3 Å². The van der Waals surface area contributed by atoms with Crippen LogP contribution in [0.3, 0.4) is 0 Å². The second-order valence-corrected chi connectivity index (χ2v) is 6.30. The average molecular weight is 385 g/mol. The number of benzene rings is 2. The minimum absolute atomic E-state index is 0.211. The van der Waals surface area contributed by atoms with Crippen LogP contribution < -0.4 is 5.73 Å². The van der Waals surface area contributed by atoms with Gasteiger partial charge in [-0.15, -0.1) is 0 Å². The highest BCUT2D eigenvalue weighted by molar-refractivity contribution is 9.10. The monoisotopic (exact) mass is 383 g/mol.